The molecule has 5 rings (SSSR count). The predicted octanol–water partition coefficient (Wildman–Crippen LogP) is 4.55. The molecule has 0 saturated carbocycles. The van der Waals surface area contributed by atoms with E-state index in [1.165, 1.54) is 6.92 Å². The minimum Gasteiger partial charge on any atom is -0.493 e. The summed E-state index contributed by atoms with van der Waals surface area (Å²) in [5.41, 5.74) is 4.97. The van der Waals surface area contributed by atoms with Crippen LogP contribution in [0.4, 0.5) is 5.69 Å². The molecule has 1 aromatic heterocycles. The lowest BCUT2D eigenvalue weighted by atomic mass is 9.95. The van der Waals surface area contributed by atoms with E-state index in [9.17, 15) is 14.4 Å². The maximum atomic E-state index is 13.8. The van der Waals surface area contributed by atoms with Crippen LogP contribution in [0.1, 0.15) is 50.2 Å². The molecule has 2 amide bonds. The Bertz CT molecular complexity index is 1870. The van der Waals surface area contributed by atoms with Crippen LogP contribution in [0, 0.1) is 5.92 Å². The molecule has 248 valence electrons. The van der Waals surface area contributed by atoms with Crippen molar-refractivity contribution in [2.75, 3.05) is 33.2 Å². The van der Waals surface area contributed by atoms with Crippen molar-refractivity contribution >= 4 is 28.5 Å². The van der Waals surface area contributed by atoms with Gasteiger partial charge in [-0.05, 0) is 65.8 Å². The molecule has 0 fully saturated rings. The van der Waals surface area contributed by atoms with Crippen molar-refractivity contribution in [3.63, 3.8) is 0 Å². The number of methoxy groups -OCH3 is 3. The number of benzene rings is 2. The summed E-state index contributed by atoms with van der Waals surface area (Å²) in [4.78, 5) is 44.3. The predicted molar refractivity (Wildman–Crippen MR) is 182 cm³/mol. The van der Waals surface area contributed by atoms with Crippen LogP contribution >= 0.6 is 0 Å². The molecule has 3 N–H and O–H groups in total. The number of anilines is 1. The summed E-state index contributed by atoms with van der Waals surface area (Å²) in [7, 11) is 6.64. The largest absolute Gasteiger partial charge is 0.493 e. The Morgan fingerprint density at radius 2 is 1.77 bits per heavy atom. The maximum Gasteiger partial charge on any atom is 0.242 e. The molecule has 47 heavy (non-hydrogen) atoms. The third kappa shape index (κ3) is 6.74. The van der Waals surface area contributed by atoms with E-state index in [4.69, 9.17) is 19.2 Å². The third-order valence-corrected chi connectivity index (χ3v) is 8.70. The van der Waals surface area contributed by atoms with E-state index in [1.807, 2.05) is 61.9 Å². The summed E-state index contributed by atoms with van der Waals surface area (Å²) in [6, 6.07) is 13.8. The highest BCUT2D eigenvalue weighted by Crippen LogP contribution is 2.50. The molecule has 0 saturated heterocycles. The lowest BCUT2D eigenvalue weighted by Gasteiger charge is -2.22. The molecule has 0 radical (unpaired) electrons. The van der Waals surface area contributed by atoms with Gasteiger partial charge in [0.2, 0.25) is 23.0 Å². The molecule has 4 aromatic rings. The van der Waals surface area contributed by atoms with E-state index in [-0.39, 0.29) is 28.8 Å². The van der Waals surface area contributed by atoms with Crippen molar-refractivity contribution in [3.8, 4) is 28.4 Å². The van der Waals surface area contributed by atoms with E-state index >= 15 is 0 Å². The van der Waals surface area contributed by atoms with Crippen LogP contribution < -0.4 is 35.6 Å². The quantitative estimate of drug-likeness (QED) is 0.218. The van der Waals surface area contributed by atoms with Crippen molar-refractivity contribution in [1.82, 2.24) is 20.2 Å². The van der Waals surface area contributed by atoms with Crippen molar-refractivity contribution in [3.05, 3.63) is 75.7 Å². The number of imidazole rings is 1. The zero-order chi connectivity index (χ0) is 33.8. The smallest absolute Gasteiger partial charge is 0.242 e. The molecule has 2 atom stereocenters. The van der Waals surface area contributed by atoms with Crippen LogP contribution in [0.5, 0.6) is 17.2 Å². The lowest BCUT2D eigenvalue weighted by molar-refractivity contribution is -0.122. The second-order valence-corrected chi connectivity index (χ2v) is 12.1. The monoisotopic (exact) mass is 641 g/mol. The van der Waals surface area contributed by atoms with Gasteiger partial charge in [0, 0.05) is 32.5 Å². The Kier molecular flexibility index (Phi) is 10.0. The summed E-state index contributed by atoms with van der Waals surface area (Å²) in [5.74, 6) is 1.75. The lowest BCUT2D eigenvalue weighted by Crippen LogP contribution is -2.44. The average molecular weight is 642 g/mol. The molecular weight excluding hydrogens is 598 g/mol. The van der Waals surface area contributed by atoms with E-state index in [0.717, 1.165) is 28.0 Å². The molecule has 0 spiro atoms. The zero-order valence-electron chi connectivity index (χ0n) is 28.0. The highest BCUT2D eigenvalue weighted by atomic mass is 16.5. The first-order valence-corrected chi connectivity index (χ1v) is 15.8. The van der Waals surface area contributed by atoms with Crippen LogP contribution in [-0.2, 0) is 29.5 Å². The van der Waals surface area contributed by atoms with Crippen LogP contribution in [-0.4, -0.2) is 55.3 Å². The molecular formula is C36H43N5O6. The highest BCUT2D eigenvalue weighted by molar-refractivity contribution is 5.86. The van der Waals surface area contributed by atoms with Gasteiger partial charge in [0.15, 0.2) is 11.5 Å². The van der Waals surface area contributed by atoms with Gasteiger partial charge >= 0.3 is 0 Å². The molecule has 0 aliphatic heterocycles. The Hall–Kier alpha value is -5.06. The first kappa shape index (κ1) is 33.3. The van der Waals surface area contributed by atoms with Gasteiger partial charge in [0.05, 0.1) is 44.1 Å². The Labute approximate surface area is 274 Å². The fourth-order valence-corrected chi connectivity index (χ4v) is 6.36. The maximum absolute atomic E-state index is 13.8. The summed E-state index contributed by atoms with van der Waals surface area (Å²) < 4.78 is 19.2. The number of hydrogen-bond acceptors (Lipinski definition) is 8. The number of amides is 2. The molecule has 11 heteroatoms. The summed E-state index contributed by atoms with van der Waals surface area (Å²) in [6.45, 7) is 5.71. The van der Waals surface area contributed by atoms with Gasteiger partial charge in [-0.3, -0.25) is 14.4 Å². The standard InChI is InChI=1S/C36H43N5O6/c1-20(2)33(36(44)37-17-16-31-39-26-10-8-9-11-28(26)41(31)4)40-27-15-13-23-24(19-29(27)43)25(38-21(3)42)14-12-22-18-30(45-5)34(46-6)35(47-7)32(22)23/h8-11,13,15,18-20,25,33H,12,14,16-17H2,1-7H3,(H,37,44)(H,38,42)(H,40,43). The number of ether oxygens (including phenoxy) is 3. The summed E-state index contributed by atoms with van der Waals surface area (Å²) >= 11 is 0. The van der Waals surface area contributed by atoms with Gasteiger partial charge in [0.25, 0.3) is 0 Å². The van der Waals surface area contributed by atoms with Crippen molar-refractivity contribution in [2.24, 2.45) is 13.0 Å². The number of para-hydroxylation sites is 2. The topological polar surface area (TPSA) is 133 Å². The Balaban J connectivity index is 1.48. The van der Waals surface area contributed by atoms with Crippen molar-refractivity contribution in [2.45, 2.75) is 52.1 Å². The van der Waals surface area contributed by atoms with Gasteiger partial charge in [-0.25, -0.2) is 4.98 Å². The van der Waals surface area contributed by atoms with Crippen LogP contribution in [0.2, 0.25) is 0 Å². The number of carbonyl (C=O) groups is 2. The molecule has 1 aliphatic rings. The normalized spacial score (nSPS) is 14.4. The second-order valence-electron chi connectivity index (χ2n) is 12.1. The SMILES string of the molecule is COc1cc2c(c(OC)c1OC)-c1ccc(NC(C(=O)NCCc3nc4ccccc4n3C)C(C)C)c(=O)cc1C(NC(C)=O)CC2. The number of hydrogen-bond donors (Lipinski definition) is 3. The van der Waals surface area contributed by atoms with Gasteiger partial charge in [-0.1, -0.05) is 32.0 Å². The number of carbonyl (C=O) groups excluding carboxylic acids is 2. The zero-order valence-corrected chi connectivity index (χ0v) is 28.0. The average Bonchev–Trinajstić information content (AvgIpc) is 3.18. The molecule has 0 bridgehead atoms. The number of nitrogens with one attached hydrogen (secondary N) is 3. The fraction of sp³-hybridized carbons (Fsp3) is 0.389. The minimum absolute atomic E-state index is 0.127. The van der Waals surface area contributed by atoms with Crippen molar-refractivity contribution < 1.29 is 23.8 Å². The Morgan fingerprint density at radius 1 is 1.02 bits per heavy atom. The second kappa shape index (κ2) is 14.1. The number of aryl methyl sites for hydroxylation is 2. The molecule has 3 aromatic carbocycles. The number of nitrogens with zero attached hydrogens (tertiary/aromatic N) is 2. The number of aromatic nitrogens is 2. The summed E-state index contributed by atoms with van der Waals surface area (Å²) in [5, 5.41) is 9.28. The van der Waals surface area contributed by atoms with Gasteiger partial charge in [-0.15, -0.1) is 0 Å². The van der Waals surface area contributed by atoms with E-state index < -0.39 is 12.1 Å². The first-order valence-electron chi connectivity index (χ1n) is 15.8. The molecule has 2 unspecified atom stereocenters. The third-order valence-electron chi connectivity index (χ3n) is 8.70. The van der Waals surface area contributed by atoms with E-state index in [2.05, 4.69) is 16.0 Å². The van der Waals surface area contributed by atoms with Crippen LogP contribution in [0.15, 0.2) is 53.3 Å². The van der Waals surface area contributed by atoms with E-state index in [0.29, 0.717) is 54.2 Å². The molecule has 11 nitrogen and oxygen atoms in total. The minimum atomic E-state index is -0.678. The van der Waals surface area contributed by atoms with Gasteiger partial charge < -0.3 is 34.7 Å². The Morgan fingerprint density at radius 3 is 2.43 bits per heavy atom. The summed E-state index contributed by atoms with van der Waals surface area (Å²) in [6.07, 6.45) is 1.70. The van der Waals surface area contributed by atoms with Crippen LogP contribution in [0.25, 0.3) is 22.2 Å². The van der Waals surface area contributed by atoms with Crippen molar-refractivity contribution in [1.29, 1.82) is 0 Å². The molecule has 1 aliphatic carbocycles. The molecule has 1 heterocycles. The van der Waals surface area contributed by atoms with Gasteiger partial charge in [0.1, 0.15) is 11.9 Å². The van der Waals surface area contributed by atoms with Gasteiger partial charge in [-0.2, -0.15) is 0 Å². The van der Waals surface area contributed by atoms with Crippen LogP contribution in [0.3, 0.4) is 0 Å². The fourth-order valence-electron chi connectivity index (χ4n) is 6.36. The number of fused-ring (bicyclic) bond motifs is 4. The van der Waals surface area contributed by atoms with E-state index in [1.54, 1.807) is 33.5 Å². The highest BCUT2D eigenvalue weighted by Gasteiger charge is 2.30. The number of rotatable bonds is 11. The first-order chi connectivity index (χ1) is 22.6.